The molecule has 0 rings (SSSR count). The van der Waals surface area contributed by atoms with Gasteiger partial charge in [-0.1, -0.05) is 0 Å². The number of nitrogens with zero attached hydrogens (tertiary/aromatic N) is 1. The Morgan fingerprint density at radius 3 is 2.73 bits per heavy atom. The van der Waals surface area contributed by atoms with E-state index in [-0.39, 0.29) is 6.61 Å². The Labute approximate surface area is 71.6 Å². The molecule has 0 aliphatic carbocycles. The van der Waals surface area contributed by atoms with E-state index in [0.717, 1.165) is 11.5 Å². The van der Waals surface area contributed by atoms with E-state index >= 15 is 0 Å². The van der Waals surface area contributed by atoms with Gasteiger partial charge in [-0.15, -0.1) is 0 Å². The zero-order valence-corrected chi connectivity index (χ0v) is 7.52. The van der Waals surface area contributed by atoms with Crippen LogP contribution < -0.4 is 5.73 Å². The topological polar surface area (TPSA) is 70.0 Å². The SMILES string of the molecule is CC(N)(C#N)CCSCCO. The highest BCUT2D eigenvalue weighted by atomic mass is 32.2. The Morgan fingerprint density at radius 1 is 1.64 bits per heavy atom. The molecule has 11 heavy (non-hydrogen) atoms. The summed E-state index contributed by atoms with van der Waals surface area (Å²) in [4.78, 5) is 0. The molecular weight excluding hydrogens is 160 g/mol. The van der Waals surface area contributed by atoms with Gasteiger partial charge in [0.1, 0.15) is 5.54 Å². The van der Waals surface area contributed by atoms with Crippen molar-refractivity contribution in [3.63, 3.8) is 0 Å². The zero-order valence-electron chi connectivity index (χ0n) is 6.71. The number of hydrogen-bond donors (Lipinski definition) is 2. The van der Waals surface area contributed by atoms with E-state index in [1.165, 1.54) is 0 Å². The monoisotopic (exact) mass is 174 g/mol. The van der Waals surface area contributed by atoms with E-state index in [9.17, 15) is 0 Å². The third-order valence-electron chi connectivity index (χ3n) is 1.26. The highest BCUT2D eigenvalue weighted by Crippen LogP contribution is 2.09. The number of hydrogen-bond acceptors (Lipinski definition) is 4. The molecule has 0 aromatic carbocycles. The van der Waals surface area contributed by atoms with Crippen molar-refractivity contribution < 1.29 is 5.11 Å². The van der Waals surface area contributed by atoms with E-state index in [4.69, 9.17) is 16.1 Å². The molecule has 0 heterocycles. The molecule has 0 aromatic rings. The summed E-state index contributed by atoms with van der Waals surface area (Å²) >= 11 is 1.61. The van der Waals surface area contributed by atoms with Gasteiger partial charge in [0.05, 0.1) is 12.7 Å². The maximum absolute atomic E-state index is 8.52. The number of rotatable bonds is 5. The number of aliphatic hydroxyl groups excluding tert-OH is 1. The number of nitrogens with two attached hydrogens (primary N) is 1. The third kappa shape index (κ3) is 6.17. The molecule has 3 nitrogen and oxygen atoms in total. The molecule has 0 saturated carbocycles. The van der Waals surface area contributed by atoms with Crippen LogP contribution in [0.15, 0.2) is 0 Å². The fourth-order valence-corrected chi connectivity index (χ4v) is 1.41. The van der Waals surface area contributed by atoms with Gasteiger partial charge in [0.15, 0.2) is 0 Å². The first-order valence-corrected chi connectivity index (χ1v) is 4.66. The minimum Gasteiger partial charge on any atom is -0.396 e. The second kappa shape index (κ2) is 5.42. The summed E-state index contributed by atoms with van der Waals surface area (Å²) in [6.07, 6.45) is 0.675. The van der Waals surface area contributed by atoms with Crippen molar-refractivity contribution in [2.24, 2.45) is 5.73 Å². The standard InChI is InChI=1S/C7H14N2OS/c1-7(9,6-8)2-4-11-5-3-10/h10H,2-5,9H2,1H3. The highest BCUT2D eigenvalue weighted by molar-refractivity contribution is 7.99. The molecule has 0 aliphatic heterocycles. The summed E-state index contributed by atoms with van der Waals surface area (Å²) in [5, 5.41) is 17.0. The van der Waals surface area contributed by atoms with Crippen LogP contribution in [0.1, 0.15) is 13.3 Å². The molecule has 0 spiro atoms. The van der Waals surface area contributed by atoms with Crippen molar-refractivity contribution in [3.05, 3.63) is 0 Å². The Balaban J connectivity index is 3.32. The van der Waals surface area contributed by atoms with Crippen molar-refractivity contribution in [1.29, 1.82) is 5.26 Å². The molecule has 3 N–H and O–H groups in total. The number of nitriles is 1. The van der Waals surface area contributed by atoms with Crippen LogP contribution in [0.5, 0.6) is 0 Å². The Bertz CT molecular complexity index is 142. The molecule has 0 bridgehead atoms. The smallest absolute Gasteiger partial charge is 0.102 e. The minimum absolute atomic E-state index is 0.193. The molecule has 0 amide bonds. The van der Waals surface area contributed by atoms with E-state index in [1.54, 1.807) is 18.7 Å². The molecule has 1 unspecified atom stereocenters. The largest absolute Gasteiger partial charge is 0.396 e. The van der Waals surface area contributed by atoms with Crippen LogP contribution in [0, 0.1) is 11.3 Å². The predicted octanol–water partition coefficient (Wildman–Crippen LogP) is 0.343. The highest BCUT2D eigenvalue weighted by Gasteiger charge is 2.15. The van der Waals surface area contributed by atoms with E-state index in [0.29, 0.717) is 6.42 Å². The van der Waals surface area contributed by atoms with Crippen molar-refractivity contribution in [3.8, 4) is 6.07 Å². The molecule has 1 atom stereocenters. The molecule has 0 fully saturated rings. The average Bonchev–Trinajstić information content (AvgIpc) is 1.99. The van der Waals surface area contributed by atoms with Gasteiger partial charge in [0.2, 0.25) is 0 Å². The maximum atomic E-state index is 8.52. The van der Waals surface area contributed by atoms with Gasteiger partial charge in [-0.3, -0.25) is 0 Å². The average molecular weight is 174 g/mol. The van der Waals surface area contributed by atoms with Crippen molar-refractivity contribution in [2.45, 2.75) is 18.9 Å². The first kappa shape index (κ1) is 10.8. The Morgan fingerprint density at radius 2 is 2.27 bits per heavy atom. The molecule has 0 aliphatic rings. The molecule has 0 radical (unpaired) electrons. The number of aliphatic hydroxyl groups is 1. The van der Waals surface area contributed by atoms with Gasteiger partial charge in [-0.25, -0.2) is 0 Å². The quantitative estimate of drug-likeness (QED) is 0.590. The first-order chi connectivity index (χ1) is 5.12. The van der Waals surface area contributed by atoms with Crippen LogP contribution in [-0.2, 0) is 0 Å². The van der Waals surface area contributed by atoms with Crippen molar-refractivity contribution in [1.82, 2.24) is 0 Å². The van der Waals surface area contributed by atoms with Gasteiger partial charge in [0, 0.05) is 5.75 Å². The first-order valence-electron chi connectivity index (χ1n) is 3.51. The van der Waals surface area contributed by atoms with Crippen LogP contribution in [0.3, 0.4) is 0 Å². The van der Waals surface area contributed by atoms with Crippen LogP contribution >= 0.6 is 11.8 Å². The van der Waals surface area contributed by atoms with E-state index in [2.05, 4.69) is 0 Å². The molecule has 64 valence electrons. The van der Waals surface area contributed by atoms with Gasteiger partial charge < -0.3 is 10.8 Å². The van der Waals surface area contributed by atoms with E-state index in [1.807, 2.05) is 6.07 Å². The summed E-state index contributed by atoms with van der Waals surface area (Å²) in [5.74, 6) is 1.56. The third-order valence-corrected chi connectivity index (χ3v) is 2.22. The number of thioether (sulfide) groups is 1. The van der Waals surface area contributed by atoms with Gasteiger partial charge in [-0.2, -0.15) is 17.0 Å². The summed E-state index contributed by atoms with van der Waals surface area (Å²) in [6, 6.07) is 2.02. The lowest BCUT2D eigenvalue weighted by molar-refractivity contribution is 0.322. The molecule has 0 aromatic heterocycles. The van der Waals surface area contributed by atoms with Crippen LogP contribution in [0.2, 0.25) is 0 Å². The summed E-state index contributed by atoms with van der Waals surface area (Å²) in [7, 11) is 0. The fourth-order valence-electron chi connectivity index (χ4n) is 0.507. The Hall–Kier alpha value is -0.240. The molecule has 0 saturated heterocycles. The zero-order chi connectivity index (χ0) is 8.74. The van der Waals surface area contributed by atoms with Gasteiger partial charge in [-0.05, 0) is 19.1 Å². The van der Waals surface area contributed by atoms with Crippen LogP contribution in [0.4, 0.5) is 0 Å². The second-order valence-electron chi connectivity index (χ2n) is 2.62. The summed E-state index contributed by atoms with van der Waals surface area (Å²) < 4.78 is 0. The van der Waals surface area contributed by atoms with Crippen molar-refractivity contribution in [2.75, 3.05) is 18.1 Å². The summed E-state index contributed by atoms with van der Waals surface area (Å²) in [5.41, 5.74) is 4.86. The lowest BCUT2D eigenvalue weighted by Crippen LogP contribution is -2.34. The van der Waals surface area contributed by atoms with Crippen molar-refractivity contribution >= 4 is 11.8 Å². The lowest BCUT2D eigenvalue weighted by atomic mass is 10.0. The van der Waals surface area contributed by atoms with Gasteiger partial charge >= 0.3 is 0 Å². The van der Waals surface area contributed by atoms with Crippen LogP contribution in [0.25, 0.3) is 0 Å². The molecule has 4 heteroatoms. The molecular formula is C7H14N2OS. The van der Waals surface area contributed by atoms with Gasteiger partial charge in [0.25, 0.3) is 0 Å². The van der Waals surface area contributed by atoms with Crippen LogP contribution in [-0.4, -0.2) is 28.8 Å². The minimum atomic E-state index is -0.706. The summed E-state index contributed by atoms with van der Waals surface area (Å²) in [6.45, 7) is 1.91. The van der Waals surface area contributed by atoms with E-state index < -0.39 is 5.54 Å². The fraction of sp³-hybridized carbons (Fsp3) is 0.857. The normalized spacial score (nSPS) is 15.5. The predicted molar refractivity (Wildman–Crippen MR) is 47.2 cm³/mol. The Kier molecular flexibility index (Phi) is 5.30. The second-order valence-corrected chi connectivity index (χ2v) is 3.84. The maximum Gasteiger partial charge on any atom is 0.102 e. The lowest BCUT2D eigenvalue weighted by Gasteiger charge is -2.13.